The van der Waals surface area contributed by atoms with Crippen LogP contribution in [0.2, 0.25) is 0 Å². The maximum Gasteiger partial charge on any atom is 0.228 e. The maximum absolute atomic E-state index is 11.5. The molecule has 0 aliphatic heterocycles. The van der Waals surface area contributed by atoms with Crippen molar-refractivity contribution in [1.29, 1.82) is 0 Å². The summed E-state index contributed by atoms with van der Waals surface area (Å²) in [6.07, 6.45) is 2.15. The van der Waals surface area contributed by atoms with E-state index in [-0.39, 0.29) is 16.0 Å². The third-order valence-electron chi connectivity index (χ3n) is 1.98. The normalized spacial score (nSPS) is 17.2. The number of nitrogens with zero attached hydrogens (tertiary/aromatic N) is 2. The fraction of sp³-hybridized carbons (Fsp3) is 0.714. The Morgan fingerprint density at radius 3 is 2.79 bits per heavy atom. The average Bonchev–Trinajstić information content (AvgIpc) is 2.83. The first kappa shape index (κ1) is 10.3. The Hall–Kier alpha value is -0.200. The molecule has 1 aromatic heterocycles. The summed E-state index contributed by atoms with van der Waals surface area (Å²) in [5.41, 5.74) is 0. The molecule has 0 unspecified atom stereocenters. The molecule has 7 heteroatoms. The minimum absolute atomic E-state index is 0.0617. The molecule has 78 valence electrons. The van der Waals surface area contributed by atoms with E-state index in [1.165, 1.54) is 0 Å². The molecule has 4 nitrogen and oxygen atoms in total. The summed E-state index contributed by atoms with van der Waals surface area (Å²) >= 11 is 6.35. The van der Waals surface area contributed by atoms with Crippen LogP contribution in [0.15, 0.2) is 4.34 Å². The van der Waals surface area contributed by atoms with Crippen LogP contribution in [0.5, 0.6) is 0 Å². The molecule has 0 amide bonds. The van der Waals surface area contributed by atoms with Crippen LogP contribution in [0.4, 0.5) is 0 Å². The van der Waals surface area contributed by atoms with Crippen molar-refractivity contribution >= 4 is 33.0 Å². The first-order chi connectivity index (χ1) is 6.63. The third kappa shape index (κ3) is 2.07. The van der Waals surface area contributed by atoms with Crippen LogP contribution in [-0.4, -0.2) is 29.4 Å². The van der Waals surface area contributed by atoms with Crippen LogP contribution in [0, 0.1) is 0 Å². The van der Waals surface area contributed by atoms with Crippen LogP contribution in [0.25, 0.3) is 0 Å². The number of aromatic nitrogens is 2. The second-order valence-electron chi connectivity index (χ2n) is 3.20. The molecule has 1 fully saturated rings. The summed E-state index contributed by atoms with van der Waals surface area (Å²) < 4.78 is 27.2. The Labute approximate surface area is 91.4 Å². The molecule has 0 bridgehead atoms. The summed E-state index contributed by atoms with van der Waals surface area (Å²) in [7, 11) is -3.28. The molecule has 0 radical (unpaired) electrons. The standard InChI is InChI=1S/C7H9ClN2O2S2/c8-3-4-14(11,12)7-9-6(10-13-7)5-1-2-5/h5H,1-4H2. The second kappa shape index (κ2) is 3.75. The fourth-order valence-corrected chi connectivity index (χ4v) is 3.57. The highest BCUT2D eigenvalue weighted by molar-refractivity contribution is 7.93. The van der Waals surface area contributed by atoms with Crippen molar-refractivity contribution in [3.63, 3.8) is 0 Å². The van der Waals surface area contributed by atoms with Gasteiger partial charge in [-0.3, -0.25) is 0 Å². The van der Waals surface area contributed by atoms with E-state index in [0.29, 0.717) is 11.7 Å². The second-order valence-corrected chi connectivity index (χ2v) is 6.61. The quantitative estimate of drug-likeness (QED) is 0.761. The molecular weight excluding hydrogens is 244 g/mol. The summed E-state index contributed by atoms with van der Waals surface area (Å²) in [6, 6.07) is 0. The van der Waals surface area contributed by atoms with Crippen LogP contribution in [-0.2, 0) is 9.84 Å². The molecule has 0 saturated heterocycles. The van der Waals surface area contributed by atoms with Gasteiger partial charge in [0.2, 0.25) is 14.2 Å². The predicted molar refractivity (Wildman–Crippen MR) is 54.7 cm³/mol. The molecule has 1 aromatic rings. The van der Waals surface area contributed by atoms with E-state index >= 15 is 0 Å². The van der Waals surface area contributed by atoms with Gasteiger partial charge >= 0.3 is 0 Å². The van der Waals surface area contributed by atoms with Crippen molar-refractivity contribution in [3.05, 3.63) is 5.82 Å². The SMILES string of the molecule is O=S(=O)(CCCl)c1nc(C2CC2)ns1. The van der Waals surface area contributed by atoms with Crippen molar-refractivity contribution in [1.82, 2.24) is 9.36 Å². The molecule has 1 aliphatic rings. The summed E-state index contributed by atoms with van der Waals surface area (Å²) in [4.78, 5) is 4.02. The zero-order valence-corrected chi connectivity index (χ0v) is 9.70. The van der Waals surface area contributed by atoms with Crippen LogP contribution in [0.3, 0.4) is 0 Å². The number of rotatable bonds is 4. The van der Waals surface area contributed by atoms with Gasteiger partial charge in [0.1, 0.15) is 5.82 Å². The number of hydrogen-bond acceptors (Lipinski definition) is 5. The summed E-state index contributed by atoms with van der Waals surface area (Å²) in [5, 5.41) is 0. The molecule has 14 heavy (non-hydrogen) atoms. The molecule has 1 heterocycles. The largest absolute Gasteiger partial charge is 0.228 e. The highest BCUT2D eigenvalue weighted by atomic mass is 35.5. The van der Waals surface area contributed by atoms with E-state index in [2.05, 4.69) is 9.36 Å². The zero-order chi connectivity index (χ0) is 10.2. The minimum Gasteiger partial charge on any atom is -0.221 e. The van der Waals surface area contributed by atoms with Crippen LogP contribution in [0.1, 0.15) is 24.6 Å². The molecule has 0 spiro atoms. The molecule has 2 rings (SSSR count). The van der Waals surface area contributed by atoms with Crippen molar-refractivity contribution in [2.24, 2.45) is 0 Å². The van der Waals surface area contributed by atoms with Gasteiger partial charge in [0.25, 0.3) is 0 Å². The van der Waals surface area contributed by atoms with E-state index in [1.807, 2.05) is 0 Å². The predicted octanol–water partition coefficient (Wildman–Crippen LogP) is 1.43. The van der Waals surface area contributed by atoms with E-state index in [0.717, 1.165) is 24.4 Å². The lowest BCUT2D eigenvalue weighted by Crippen LogP contribution is -2.07. The lowest BCUT2D eigenvalue weighted by molar-refractivity contribution is 0.596. The van der Waals surface area contributed by atoms with Gasteiger partial charge < -0.3 is 0 Å². The number of alkyl halides is 1. The van der Waals surface area contributed by atoms with Gasteiger partial charge in [0.05, 0.1) is 5.75 Å². The lowest BCUT2D eigenvalue weighted by Gasteiger charge is -1.93. The van der Waals surface area contributed by atoms with Gasteiger partial charge in [-0.2, -0.15) is 4.37 Å². The Balaban J connectivity index is 2.23. The monoisotopic (exact) mass is 252 g/mol. The summed E-state index contributed by atoms with van der Waals surface area (Å²) in [6.45, 7) is 0. The smallest absolute Gasteiger partial charge is 0.221 e. The Kier molecular flexibility index (Phi) is 2.77. The highest BCUT2D eigenvalue weighted by Crippen LogP contribution is 2.39. The topological polar surface area (TPSA) is 59.9 Å². The molecule has 0 atom stereocenters. The Bertz CT molecular complexity index is 425. The average molecular weight is 253 g/mol. The van der Waals surface area contributed by atoms with Gasteiger partial charge in [-0.25, -0.2) is 13.4 Å². The van der Waals surface area contributed by atoms with Crippen molar-refractivity contribution in [3.8, 4) is 0 Å². The highest BCUT2D eigenvalue weighted by Gasteiger charge is 2.30. The molecule has 1 aliphatic carbocycles. The fourth-order valence-electron chi connectivity index (χ4n) is 1.04. The Morgan fingerprint density at radius 2 is 2.21 bits per heavy atom. The van der Waals surface area contributed by atoms with Crippen LogP contribution < -0.4 is 0 Å². The lowest BCUT2D eigenvalue weighted by atomic mass is 10.4. The van der Waals surface area contributed by atoms with Crippen molar-refractivity contribution in [2.75, 3.05) is 11.6 Å². The van der Waals surface area contributed by atoms with Gasteiger partial charge in [-0.1, -0.05) is 0 Å². The van der Waals surface area contributed by atoms with Gasteiger partial charge in [-0.15, -0.1) is 11.6 Å². The first-order valence-corrected chi connectivity index (χ1v) is 7.22. The number of hydrogen-bond donors (Lipinski definition) is 0. The van der Waals surface area contributed by atoms with Crippen LogP contribution >= 0.6 is 23.1 Å². The number of halogens is 1. The van der Waals surface area contributed by atoms with Crippen molar-refractivity contribution < 1.29 is 8.42 Å². The molecule has 0 N–H and O–H groups in total. The molecular formula is C7H9ClN2O2S2. The minimum atomic E-state index is -3.28. The third-order valence-corrected chi connectivity index (χ3v) is 5.27. The summed E-state index contributed by atoms with van der Waals surface area (Å²) in [5.74, 6) is 1.11. The molecule has 0 aromatic carbocycles. The van der Waals surface area contributed by atoms with Gasteiger partial charge in [0.15, 0.2) is 0 Å². The maximum atomic E-state index is 11.5. The van der Waals surface area contributed by atoms with Gasteiger partial charge in [-0.05, 0) is 24.4 Å². The Morgan fingerprint density at radius 1 is 1.50 bits per heavy atom. The van der Waals surface area contributed by atoms with E-state index in [4.69, 9.17) is 11.6 Å². The first-order valence-electron chi connectivity index (χ1n) is 4.26. The van der Waals surface area contributed by atoms with E-state index < -0.39 is 9.84 Å². The van der Waals surface area contributed by atoms with E-state index in [1.54, 1.807) is 0 Å². The molecule has 1 saturated carbocycles. The number of sulfone groups is 1. The van der Waals surface area contributed by atoms with Gasteiger partial charge in [0, 0.05) is 11.8 Å². The van der Waals surface area contributed by atoms with E-state index in [9.17, 15) is 8.42 Å². The zero-order valence-electron chi connectivity index (χ0n) is 7.31. The van der Waals surface area contributed by atoms with Crippen molar-refractivity contribution in [2.45, 2.75) is 23.1 Å².